The quantitative estimate of drug-likeness (QED) is 0.526. The van der Waals surface area contributed by atoms with Gasteiger partial charge in [0.15, 0.2) is 0 Å². The zero-order chi connectivity index (χ0) is 20.2. The molecule has 0 saturated heterocycles. The largest absolute Gasteiger partial charge is 0.440 e. The van der Waals surface area contributed by atoms with Gasteiger partial charge in [0, 0.05) is 23.7 Å². The van der Waals surface area contributed by atoms with E-state index in [1.165, 1.54) is 12.8 Å². The van der Waals surface area contributed by atoms with Gasteiger partial charge in [0.2, 0.25) is 5.71 Å². The SMILES string of the molecule is CCC(C1CC1)N(C)C(=O)c1c(C)nn2c(-c3ccc(Cl)cc3Cl)c(C)oc12. The first-order chi connectivity index (χ1) is 13.3. The Morgan fingerprint density at radius 3 is 2.68 bits per heavy atom. The summed E-state index contributed by atoms with van der Waals surface area (Å²) in [5.74, 6) is 1.21. The number of hydrogen-bond donors (Lipinski definition) is 0. The van der Waals surface area contributed by atoms with E-state index in [0.717, 1.165) is 17.7 Å². The Morgan fingerprint density at radius 2 is 2.07 bits per heavy atom. The Kier molecular flexibility index (Phi) is 4.92. The summed E-state index contributed by atoms with van der Waals surface area (Å²) in [6, 6.07) is 5.56. The third-order valence-corrected chi connectivity index (χ3v) is 6.16. The highest BCUT2D eigenvalue weighted by Crippen LogP contribution is 2.38. The molecule has 28 heavy (non-hydrogen) atoms. The molecule has 1 fully saturated rings. The number of aryl methyl sites for hydroxylation is 2. The van der Waals surface area contributed by atoms with Crippen LogP contribution < -0.4 is 0 Å². The Labute approximate surface area is 174 Å². The molecule has 1 amide bonds. The smallest absolute Gasteiger partial charge is 0.261 e. The number of amides is 1. The van der Waals surface area contributed by atoms with Crippen LogP contribution in [0.3, 0.4) is 0 Å². The van der Waals surface area contributed by atoms with Gasteiger partial charge in [-0.25, -0.2) is 0 Å². The van der Waals surface area contributed by atoms with Crippen molar-refractivity contribution in [2.24, 2.45) is 5.92 Å². The third-order valence-electron chi connectivity index (χ3n) is 5.62. The van der Waals surface area contributed by atoms with Gasteiger partial charge in [0.25, 0.3) is 5.91 Å². The van der Waals surface area contributed by atoms with Crippen LogP contribution in [0.1, 0.15) is 48.0 Å². The van der Waals surface area contributed by atoms with Gasteiger partial charge in [-0.3, -0.25) is 4.79 Å². The average Bonchev–Trinajstić information content (AvgIpc) is 3.36. The van der Waals surface area contributed by atoms with Crippen LogP contribution in [0.25, 0.3) is 17.0 Å². The molecule has 7 heteroatoms. The minimum Gasteiger partial charge on any atom is -0.440 e. The molecular weight excluding hydrogens is 397 g/mol. The molecule has 1 aliphatic carbocycles. The van der Waals surface area contributed by atoms with Crippen molar-refractivity contribution in [1.82, 2.24) is 14.5 Å². The highest BCUT2D eigenvalue weighted by Gasteiger charge is 2.36. The molecule has 1 aliphatic rings. The van der Waals surface area contributed by atoms with E-state index in [0.29, 0.717) is 38.7 Å². The Bertz CT molecular complexity index is 1070. The lowest BCUT2D eigenvalue weighted by atomic mass is 10.1. The summed E-state index contributed by atoms with van der Waals surface area (Å²) in [7, 11) is 1.88. The van der Waals surface area contributed by atoms with Crippen molar-refractivity contribution in [3.8, 4) is 11.3 Å². The normalized spacial score (nSPS) is 15.2. The number of fused-ring (bicyclic) bond motifs is 1. The Hall–Kier alpha value is -1.98. The van der Waals surface area contributed by atoms with Crippen molar-refractivity contribution < 1.29 is 9.21 Å². The monoisotopic (exact) mass is 419 g/mol. The van der Waals surface area contributed by atoms with Gasteiger partial charge in [-0.1, -0.05) is 30.1 Å². The standard InChI is InChI=1S/C21H23Cl2N3O2/c1-5-17(13-6-7-13)25(4)20(27)18-11(2)24-26-19(12(3)28-21(18)26)15-9-8-14(22)10-16(15)23/h8-10,13,17H,5-7H2,1-4H3. The maximum Gasteiger partial charge on any atom is 0.261 e. The summed E-state index contributed by atoms with van der Waals surface area (Å²) >= 11 is 12.4. The number of rotatable bonds is 5. The molecule has 1 saturated carbocycles. The van der Waals surface area contributed by atoms with Crippen molar-refractivity contribution in [3.05, 3.63) is 45.3 Å². The van der Waals surface area contributed by atoms with Gasteiger partial charge in [0.1, 0.15) is 17.0 Å². The second-order valence-electron chi connectivity index (χ2n) is 7.54. The lowest BCUT2D eigenvalue weighted by Crippen LogP contribution is -2.38. The predicted octanol–water partition coefficient (Wildman–Crippen LogP) is 5.78. The van der Waals surface area contributed by atoms with E-state index in [1.807, 2.05) is 31.9 Å². The minimum absolute atomic E-state index is 0.0475. The zero-order valence-corrected chi connectivity index (χ0v) is 17.9. The Morgan fingerprint density at radius 1 is 1.36 bits per heavy atom. The molecule has 1 atom stereocenters. The van der Waals surface area contributed by atoms with Gasteiger partial charge in [0.05, 0.1) is 10.7 Å². The van der Waals surface area contributed by atoms with Gasteiger partial charge >= 0.3 is 0 Å². The molecule has 0 bridgehead atoms. The van der Waals surface area contributed by atoms with Crippen LogP contribution in [0.2, 0.25) is 10.0 Å². The lowest BCUT2D eigenvalue weighted by Gasteiger charge is -2.27. The van der Waals surface area contributed by atoms with E-state index in [2.05, 4.69) is 12.0 Å². The maximum absolute atomic E-state index is 13.3. The fraction of sp³-hybridized carbons (Fsp3) is 0.429. The van der Waals surface area contributed by atoms with Gasteiger partial charge < -0.3 is 9.32 Å². The van der Waals surface area contributed by atoms with Gasteiger partial charge in [-0.2, -0.15) is 9.61 Å². The van der Waals surface area contributed by atoms with Crippen molar-refractivity contribution in [3.63, 3.8) is 0 Å². The molecule has 3 aromatic rings. The summed E-state index contributed by atoms with van der Waals surface area (Å²) in [4.78, 5) is 15.2. The van der Waals surface area contributed by atoms with E-state index < -0.39 is 0 Å². The van der Waals surface area contributed by atoms with Crippen LogP contribution in [0.15, 0.2) is 22.6 Å². The number of carbonyl (C=O) groups is 1. The van der Waals surface area contributed by atoms with Gasteiger partial charge in [-0.15, -0.1) is 0 Å². The first-order valence-corrected chi connectivity index (χ1v) is 10.3. The number of oxazole rings is 1. The van der Waals surface area contributed by atoms with Crippen LogP contribution in [-0.4, -0.2) is 33.5 Å². The zero-order valence-electron chi connectivity index (χ0n) is 16.4. The molecule has 0 radical (unpaired) electrons. The second kappa shape index (κ2) is 7.12. The average molecular weight is 420 g/mol. The summed E-state index contributed by atoms with van der Waals surface area (Å²) in [6.45, 7) is 5.82. The topological polar surface area (TPSA) is 50.8 Å². The summed E-state index contributed by atoms with van der Waals surface area (Å²) < 4.78 is 7.69. The van der Waals surface area contributed by atoms with Crippen LogP contribution in [0.4, 0.5) is 0 Å². The molecule has 2 aromatic heterocycles. The molecule has 0 aliphatic heterocycles. The molecule has 5 nitrogen and oxygen atoms in total. The fourth-order valence-corrected chi connectivity index (χ4v) is 4.56. The number of hydrogen-bond acceptors (Lipinski definition) is 3. The van der Waals surface area contributed by atoms with E-state index in [1.54, 1.807) is 16.6 Å². The van der Waals surface area contributed by atoms with E-state index >= 15 is 0 Å². The third kappa shape index (κ3) is 3.11. The molecule has 1 aromatic carbocycles. The van der Waals surface area contributed by atoms with Crippen molar-refractivity contribution in [2.45, 2.75) is 46.1 Å². The molecular formula is C21H23Cl2N3O2. The van der Waals surface area contributed by atoms with Gasteiger partial charge in [-0.05, 0) is 57.2 Å². The molecule has 0 spiro atoms. The molecule has 4 rings (SSSR count). The van der Waals surface area contributed by atoms with Crippen molar-refractivity contribution in [1.29, 1.82) is 0 Å². The lowest BCUT2D eigenvalue weighted by molar-refractivity contribution is 0.0708. The van der Waals surface area contributed by atoms with E-state index in [9.17, 15) is 4.79 Å². The predicted molar refractivity (Wildman–Crippen MR) is 111 cm³/mol. The van der Waals surface area contributed by atoms with Crippen LogP contribution in [0.5, 0.6) is 0 Å². The number of nitrogens with zero attached hydrogens (tertiary/aromatic N) is 3. The first-order valence-electron chi connectivity index (χ1n) is 9.54. The Balaban J connectivity index is 1.81. The molecule has 2 heterocycles. The van der Waals surface area contributed by atoms with Crippen LogP contribution >= 0.6 is 23.2 Å². The molecule has 1 unspecified atom stereocenters. The summed E-state index contributed by atoms with van der Waals surface area (Å²) in [5, 5.41) is 5.68. The molecule has 148 valence electrons. The van der Waals surface area contributed by atoms with Crippen molar-refractivity contribution in [2.75, 3.05) is 7.05 Å². The molecule has 0 N–H and O–H groups in total. The first kappa shape index (κ1) is 19.3. The van der Waals surface area contributed by atoms with E-state index in [4.69, 9.17) is 27.6 Å². The highest BCUT2D eigenvalue weighted by atomic mass is 35.5. The minimum atomic E-state index is -0.0475. The highest BCUT2D eigenvalue weighted by molar-refractivity contribution is 6.36. The van der Waals surface area contributed by atoms with Crippen LogP contribution in [0, 0.1) is 19.8 Å². The van der Waals surface area contributed by atoms with Crippen molar-refractivity contribution >= 4 is 34.8 Å². The number of benzene rings is 1. The number of carbonyl (C=O) groups excluding carboxylic acids is 1. The maximum atomic E-state index is 13.3. The second-order valence-corrected chi connectivity index (χ2v) is 8.38. The summed E-state index contributed by atoms with van der Waals surface area (Å²) in [6.07, 6.45) is 3.33. The number of aromatic nitrogens is 2. The summed E-state index contributed by atoms with van der Waals surface area (Å²) in [5.41, 5.74) is 3.12. The van der Waals surface area contributed by atoms with Crippen LogP contribution in [-0.2, 0) is 0 Å². The van der Waals surface area contributed by atoms with E-state index in [-0.39, 0.29) is 11.9 Å². The number of halogens is 2. The fourth-order valence-electron chi connectivity index (χ4n) is 4.06.